The number of nitrogens with zero attached hydrogens (tertiary/aromatic N) is 1. The van der Waals surface area contributed by atoms with Gasteiger partial charge in [0.2, 0.25) is 0 Å². The molecule has 3 aromatic carbocycles. The fourth-order valence-electron chi connectivity index (χ4n) is 4.34. The van der Waals surface area contributed by atoms with E-state index in [0.717, 1.165) is 24.2 Å². The molecule has 0 aliphatic carbocycles. The summed E-state index contributed by atoms with van der Waals surface area (Å²) >= 11 is 0. The van der Waals surface area contributed by atoms with Crippen LogP contribution in [0.25, 0.3) is 11.3 Å². The van der Waals surface area contributed by atoms with E-state index in [0.29, 0.717) is 45.8 Å². The van der Waals surface area contributed by atoms with Crippen LogP contribution in [0.1, 0.15) is 43.8 Å². The van der Waals surface area contributed by atoms with Gasteiger partial charge < -0.3 is 25.6 Å². The maximum atomic E-state index is 13.2. The molecular weight excluding hydrogens is 480 g/mol. The standard InChI is InChI=1S/C30H32N4O4/c1-19-17-24-25(18-23(19)30(37)38-4)33-29(36)26(24)27(20-9-6-5-7-10-20)32-22-13-11-21(12-14-22)28(35)31-15-8-16-34(2)3/h5-7,9-14,17-18,32H,8,15-16H2,1-4H3,(H,31,35)(H,33,36)/b27-26-. The summed E-state index contributed by atoms with van der Waals surface area (Å²) in [5, 5.41) is 9.22. The van der Waals surface area contributed by atoms with Crippen molar-refractivity contribution < 1.29 is 19.1 Å². The molecule has 3 aromatic rings. The molecule has 0 spiro atoms. The summed E-state index contributed by atoms with van der Waals surface area (Å²) in [6, 6.07) is 20.2. The minimum Gasteiger partial charge on any atom is -0.465 e. The summed E-state index contributed by atoms with van der Waals surface area (Å²) in [5.74, 6) is -0.861. The Morgan fingerprint density at radius 1 is 0.974 bits per heavy atom. The molecule has 196 valence electrons. The number of amides is 2. The largest absolute Gasteiger partial charge is 0.465 e. The number of anilines is 2. The fourth-order valence-corrected chi connectivity index (χ4v) is 4.34. The van der Waals surface area contributed by atoms with Gasteiger partial charge in [-0.3, -0.25) is 9.59 Å². The maximum absolute atomic E-state index is 13.2. The van der Waals surface area contributed by atoms with Gasteiger partial charge in [0, 0.05) is 23.4 Å². The van der Waals surface area contributed by atoms with E-state index in [1.54, 1.807) is 18.2 Å². The summed E-state index contributed by atoms with van der Waals surface area (Å²) in [6.07, 6.45) is 0.872. The van der Waals surface area contributed by atoms with Gasteiger partial charge in [0.25, 0.3) is 11.8 Å². The number of methoxy groups -OCH3 is 1. The highest BCUT2D eigenvalue weighted by molar-refractivity contribution is 6.37. The van der Waals surface area contributed by atoms with Crippen LogP contribution >= 0.6 is 0 Å². The van der Waals surface area contributed by atoms with E-state index in [1.165, 1.54) is 7.11 Å². The molecule has 3 N–H and O–H groups in total. The van der Waals surface area contributed by atoms with E-state index in [-0.39, 0.29) is 11.8 Å². The van der Waals surface area contributed by atoms with Crippen LogP contribution in [0.4, 0.5) is 11.4 Å². The Labute approximate surface area is 222 Å². The average Bonchev–Trinajstić information content (AvgIpc) is 3.23. The van der Waals surface area contributed by atoms with Gasteiger partial charge in [0.1, 0.15) is 0 Å². The number of hydrogen-bond acceptors (Lipinski definition) is 6. The smallest absolute Gasteiger partial charge is 0.338 e. The van der Waals surface area contributed by atoms with Crippen LogP contribution < -0.4 is 16.0 Å². The third-order valence-electron chi connectivity index (χ3n) is 6.31. The summed E-state index contributed by atoms with van der Waals surface area (Å²) in [7, 11) is 5.33. The molecule has 8 nitrogen and oxygen atoms in total. The lowest BCUT2D eigenvalue weighted by atomic mass is 9.96. The summed E-state index contributed by atoms with van der Waals surface area (Å²) in [6.45, 7) is 3.32. The van der Waals surface area contributed by atoms with Gasteiger partial charge in [-0.1, -0.05) is 30.3 Å². The second-order valence-electron chi connectivity index (χ2n) is 9.39. The van der Waals surface area contributed by atoms with E-state index < -0.39 is 5.97 Å². The lowest BCUT2D eigenvalue weighted by Gasteiger charge is -2.16. The van der Waals surface area contributed by atoms with Gasteiger partial charge in [-0.25, -0.2) is 4.79 Å². The van der Waals surface area contributed by atoms with E-state index in [9.17, 15) is 14.4 Å². The van der Waals surface area contributed by atoms with Crippen LogP contribution in [-0.2, 0) is 9.53 Å². The molecule has 1 aliphatic heterocycles. The van der Waals surface area contributed by atoms with Crippen molar-refractivity contribution in [3.63, 3.8) is 0 Å². The summed E-state index contributed by atoms with van der Waals surface area (Å²) < 4.78 is 4.88. The molecule has 0 bridgehead atoms. The van der Waals surface area contributed by atoms with Gasteiger partial charge in [-0.15, -0.1) is 0 Å². The molecule has 4 rings (SSSR count). The molecule has 0 atom stereocenters. The van der Waals surface area contributed by atoms with Crippen molar-refractivity contribution in [3.8, 4) is 0 Å². The quantitative estimate of drug-likeness (QED) is 0.223. The van der Waals surface area contributed by atoms with E-state index in [4.69, 9.17) is 4.74 Å². The van der Waals surface area contributed by atoms with E-state index >= 15 is 0 Å². The molecule has 0 aromatic heterocycles. The monoisotopic (exact) mass is 512 g/mol. The molecular formula is C30H32N4O4. The van der Waals surface area contributed by atoms with Gasteiger partial charge in [0.05, 0.1) is 29.6 Å². The predicted octanol–water partition coefficient (Wildman–Crippen LogP) is 4.40. The van der Waals surface area contributed by atoms with Crippen molar-refractivity contribution in [2.45, 2.75) is 13.3 Å². The highest BCUT2D eigenvalue weighted by Crippen LogP contribution is 2.39. The Bertz CT molecular complexity index is 1380. The highest BCUT2D eigenvalue weighted by atomic mass is 16.5. The van der Waals surface area contributed by atoms with Crippen molar-refractivity contribution in [1.29, 1.82) is 0 Å². The lowest BCUT2D eigenvalue weighted by Crippen LogP contribution is -2.27. The zero-order valence-corrected chi connectivity index (χ0v) is 22.1. The number of carbonyl (C=O) groups excluding carboxylic acids is 3. The molecule has 0 unspecified atom stereocenters. The van der Waals surface area contributed by atoms with Crippen LogP contribution in [0, 0.1) is 6.92 Å². The fraction of sp³-hybridized carbons (Fsp3) is 0.233. The summed E-state index contributed by atoms with van der Waals surface area (Å²) in [4.78, 5) is 40.0. The number of benzene rings is 3. The van der Waals surface area contributed by atoms with E-state index in [1.807, 2.05) is 69.6 Å². The maximum Gasteiger partial charge on any atom is 0.338 e. The van der Waals surface area contributed by atoms with Crippen molar-refractivity contribution in [1.82, 2.24) is 10.2 Å². The molecule has 0 saturated heterocycles. The van der Waals surface area contributed by atoms with Crippen molar-refractivity contribution in [2.24, 2.45) is 0 Å². The molecule has 2 amide bonds. The molecule has 8 heteroatoms. The Kier molecular flexibility index (Phi) is 8.23. The Balaban J connectivity index is 1.65. The number of esters is 1. The third-order valence-corrected chi connectivity index (χ3v) is 6.31. The first-order chi connectivity index (χ1) is 18.3. The van der Waals surface area contributed by atoms with Crippen LogP contribution in [-0.4, -0.2) is 57.0 Å². The van der Waals surface area contributed by atoms with Crippen LogP contribution in [0.15, 0.2) is 66.7 Å². The molecule has 0 radical (unpaired) electrons. The third kappa shape index (κ3) is 5.92. The number of nitrogens with one attached hydrogen (secondary N) is 3. The average molecular weight is 513 g/mol. The van der Waals surface area contributed by atoms with Crippen molar-refractivity contribution in [2.75, 3.05) is 44.9 Å². The molecule has 0 saturated carbocycles. The first-order valence-corrected chi connectivity index (χ1v) is 12.4. The number of ether oxygens (including phenoxy) is 1. The van der Waals surface area contributed by atoms with Crippen molar-refractivity contribution >= 4 is 40.4 Å². The second kappa shape index (κ2) is 11.7. The minimum absolute atomic E-state index is 0.127. The number of hydrogen-bond donors (Lipinski definition) is 3. The molecule has 38 heavy (non-hydrogen) atoms. The minimum atomic E-state index is -0.458. The molecule has 1 heterocycles. The van der Waals surface area contributed by atoms with Gasteiger partial charge in [-0.05, 0) is 81.5 Å². The van der Waals surface area contributed by atoms with Crippen LogP contribution in [0.3, 0.4) is 0 Å². The first-order valence-electron chi connectivity index (χ1n) is 12.4. The van der Waals surface area contributed by atoms with Gasteiger partial charge in [0.15, 0.2) is 0 Å². The Hall–Kier alpha value is -4.43. The normalized spacial score (nSPS) is 13.6. The Morgan fingerprint density at radius 2 is 1.68 bits per heavy atom. The Morgan fingerprint density at radius 3 is 2.34 bits per heavy atom. The van der Waals surface area contributed by atoms with E-state index in [2.05, 4.69) is 20.9 Å². The zero-order valence-electron chi connectivity index (χ0n) is 22.1. The number of fused-ring (bicyclic) bond motifs is 1. The number of aryl methyl sites for hydroxylation is 1. The first kappa shape index (κ1) is 26.6. The molecule has 0 fully saturated rings. The SMILES string of the molecule is COC(=O)c1cc2c(cc1C)/C(=C(/Nc1ccc(C(=O)NCCCN(C)C)cc1)c1ccccc1)C(=O)N2. The lowest BCUT2D eigenvalue weighted by molar-refractivity contribution is -0.110. The van der Waals surface area contributed by atoms with Crippen LogP contribution in [0.2, 0.25) is 0 Å². The zero-order chi connectivity index (χ0) is 27.2. The second-order valence-corrected chi connectivity index (χ2v) is 9.39. The van der Waals surface area contributed by atoms with Gasteiger partial charge in [-0.2, -0.15) is 0 Å². The number of carbonyl (C=O) groups is 3. The summed E-state index contributed by atoms with van der Waals surface area (Å²) in [5.41, 5.74) is 5.54. The van der Waals surface area contributed by atoms with Gasteiger partial charge >= 0.3 is 5.97 Å². The highest BCUT2D eigenvalue weighted by Gasteiger charge is 2.30. The topological polar surface area (TPSA) is 99.8 Å². The predicted molar refractivity (Wildman–Crippen MR) is 150 cm³/mol. The molecule has 1 aliphatic rings. The van der Waals surface area contributed by atoms with Crippen LogP contribution in [0.5, 0.6) is 0 Å². The van der Waals surface area contributed by atoms with Crippen molar-refractivity contribution in [3.05, 3.63) is 94.5 Å². The number of rotatable bonds is 9.